The maximum absolute atomic E-state index is 12.1. The van der Waals surface area contributed by atoms with Gasteiger partial charge in [-0.2, -0.15) is 0 Å². The van der Waals surface area contributed by atoms with Gasteiger partial charge < -0.3 is 9.84 Å². The van der Waals surface area contributed by atoms with Crippen molar-refractivity contribution in [1.82, 2.24) is 15.4 Å². The minimum Gasteiger partial charge on any atom is -0.360 e. The molecule has 1 N–H and O–H groups in total. The molecule has 0 bridgehead atoms. The average Bonchev–Trinajstić information content (AvgIpc) is 3.22. The lowest BCUT2D eigenvalue weighted by atomic mass is 9.99. The summed E-state index contributed by atoms with van der Waals surface area (Å²) in [4.78, 5) is 14.6. The van der Waals surface area contributed by atoms with Crippen LogP contribution in [-0.2, 0) is 0 Å². The first kappa shape index (κ1) is 14.6. The summed E-state index contributed by atoms with van der Waals surface area (Å²) in [5, 5.41) is 6.86. The molecule has 21 heavy (non-hydrogen) atoms. The van der Waals surface area contributed by atoms with Crippen LogP contribution in [0.2, 0.25) is 0 Å². The number of likely N-dealkylation sites (tertiary alicyclic amines) is 1. The van der Waals surface area contributed by atoms with Gasteiger partial charge in [-0.1, -0.05) is 12.1 Å². The van der Waals surface area contributed by atoms with E-state index in [2.05, 4.69) is 29.2 Å². The number of rotatable bonds is 5. The summed E-state index contributed by atoms with van der Waals surface area (Å²) in [7, 11) is 0. The molecule has 0 aromatic carbocycles. The van der Waals surface area contributed by atoms with E-state index in [4.69, 9.17) is 4.52 Å². The molecule has 1 aromatic rings. The molecule has 0 spiro atoms. The number of amides is 1. The third-order valence-corrected chi connectivity index (χ3v) is 4.61. The molecule has 1 aliphatic heterocycles. The Balaban J connectivity index is 1.47. The largest absolute Gasteiger partial charge is 0.360 e. The first-order valence-corrected chi connectivity index (χ1v) is 8.12. The summed E-state index contributed by atoms with van der Waals surface area (Å²) < 4.78 is 5.23. The monoisotopic (exact) mass is 291 g/mol. The number of carbonyl (C=O) groups excluding carboxylic acids is 1. The molecule has 5 heteroatoms. The van der Waals surface area contributed by atoms with Crippen molar-refractivity contribution in [2.45, 2.75) is 51.5 Å². The second-order valence-electron chi connectivity index (χ2n) is 6.69. The van der Waals surface area contributed by atoms with E-state index in [-0.39, 0.29) is 5.91 Å². The minimum absolute atomic E-state index is 0.123. The van der Waals surface area contributed by atoms with Gasteiger partial charge in [0.1, 0.15) is 5.76 Å². The zero-order valence-electron chi connectivity index (χ0n) is 13.0. The first-order chi connectivity index (χ1) is 10.1. The molecular formula is C16H25N3O2. The highest BCUT2D eigenvalue weighted by Gasteiger charge is 2.29. The number of nitrogens with one attached hydrogen (secondary N) is 1. The molecule has 1 saturated carbocycles. The van der Waals surface area contributed by atoms with E-state index in [9.17, 15) is 4.79 Å². The van der Waals surface area contributed by atoms with Crippen molar-refractivity contribution in [3.8, 4) is 0 Å². The smallest absolute Gasteiger partial charge is 0.273 e. The van der Waals surface area contributed by atoms with Gasteiger partial charge in [-0.25, -0.2) is 0 Å². The molecule has 2 atom stereocenters. The molecule has 1 aliphatic carbocycles. The Kier molecular flexibility index (Phi) is 4.29. The van der Waals surface area contributed by atoms with E-state index in [1.54, 1.807) is 6.07 Å². The molecule has 1 amide bonds. The van der Waals surface area contributed by atoms with Crippen LogP contribution in [-0.4, -0.2) is 41.6 Å². The maximum Gasteiger partial charge on any atom is 0.273 e. The molecule has 1 aromatic heterocycles. The average molecular weight is 291 g/mol. The summed E-state index contributed by atoms with van der Waals surface area (Å²) in [6, 6.07) is 2.16. The van der Waals surface area contributed by atoms with Crippen LogP contribution in [0.25, 0.3) is 0 Å². The Labute approximate surface area is 126 Å². The summed E-state index contributed by atoms with van der Waals surface area (Å²) in [5.74, 6) is 1.99. The molecule has 3 rings (SSSR count). The lowest BCUT2D eigenvalue weighted by Gasteiger charge is -2.35. The second-order valence-corrected chi connectivity index (χ2v) is 6.69. The van der Waals surface area contributed by atoms with E-state index >= 15 is 0 Å². The van der Waals surface area contributed by atoms with Crippen LogP contribution < -0.4 is 5.32 Å². The Morgan fingerprint density at radius 2 is 2.33 bits per heavy atom. The predicted molar refractivity (Wildman–Crippen MR) is 80.2 cm³/mol. The van der Waals surface area contributed by atoms with Gasteiger partial charge in [-0.3, -0.25) is 9.69 Å². The van der Waals surface area contributed by atoms with Gasteiger partial charge in [0.2, 0.25) is 0 Å². The highest BCUT2D eigenvalue weighted by atomic mass is 16.5. The van der Waals surface area contributed by atoms with Gasteiger partial charge in [0, 0.05) is 31.1 Å². The molecule has 2 aliphatic rings. The number of carbonyl (C=O) groups is 1. The molecular weight excluding hydrogens is 266 g/mol. The molecule has 1 saturated heterocycles. The normalized spacial score (nSPS) is 24.8. The van der Waals surface area contributed by atoms with E-state index in [0.29, 0.717) is 24.2 Å². The number of hydrogen-bond acceptors (Lipinski definition) is 4. The molecule has 2 heterocycles. The van der Waals surface area contributed by atoms with Gasteiger partial charge in [0.05, 0.1) is 0 Å². The Bertz CT molecular complexity index is 495. The highest BCUT2D eigenvalue weighted by molar-refractivity contribution is 5.92. The van der Waals surface area contributed by atoms with Crippen molar-refractivity contribution < 1.29 is 9.32 Å². The Morgan fingerprint density at radius 3 is 3.05 bits per heavy atom. The SMILES string of the molecule is C[C@@H]1CCCN([C@@H](C)CNC(=O)c2cc(C3CC3)on2)C1. The summed E-state index contributed by atoms with van der Waals surface area (Å²) in [6.45, 7) is 7.41. The summed E-state index contributed by atoms with van der Waals surface area (Å²) in [6.07, 6.45) is 4.88. The van der Waals surface area contributed by atoms with Crippen molar-refractivity contribution in [2.24, 2.45) is 5.92 Å². The van der Waals surface area contributed by atoms with Gasteiger partial charge in [-0.15, -0.1) is 0 Å². The fraction of sp³-hybridized carbons (Fsp3) is 0.750. The quantitative estimate of drug-likeness (QED) is 0.905. The van der Waals surface area contributed by atoms with E-state index in [0.717, 1.165) is 37.6 Å². The molecule has 116 valence electrons. The molecule has 0 radical (unpaired) electrons. The van der Waals surface area contributed by atoms with Crippen LogP contribution >= 0.6 is 0 Å². The Hall–Kier alpha value is -1.36. The van der Waals surface area contributed by atoms with Crippen LogP contribution in [0.3, 0.4) is 0 Å². The van der Waals surface area contributed by atoms with Crippen molar-refractivity contribution in [3.05, 3.63) is 17.5 Å². The summed E-state index contributed by atoms with van der Waals surface area (Å²) >= 11 is 0. The zero-order chi connectivity index (χ0) is 14.8. The topological polar surface area (TPSA) is 58.4 Å². The number of nitrogens with zero attached hydrogens (tertiary/aromatic N) is 2. The van der Waals surface area contributed by atoms with E-state index in [1.165, 1.54) is 12.8 Å². The summed E-state index contributed by atoms with van der Waals surface area (Å²) in [5.41, 5.74) is 0.413. The van der Waals surface area contributed by atoms with Gasteiger partial charge in [0.25, 0.3) is 5.91 Å². The van der Waals surface area contributed by atoms with Crippen LogP contribution in [0.4, 0.5) is 0 Å². The first-order valence-electron chi connectivity index (χ1n) is 8.12. The fourth-order valence-corrected chi connectivity index (χ4v) is 3.04. The third-order valence-electron chi connectivity index (χ3n) is 4.61. The lowest BCUT2D eigenvalue weighted by molar-refractivity contribution is 0.0909. The fourth-order valence-electron chi connectivity index (χ4n) is 3.04. The highest BCUT2D eigenvalue weighted by Crippen LogP contribution is 2.40. The standard InChI is InChI=1S/C16H25N3O2/c1-11-4-3-7-19(10-11)12(2)9-17-16(20)14-8-15(21-18-14)13-5-6-13/h8,11-13H,3-7,9-10H2,1-2H3,(H,17,20)/t11-,12+/m1/s1. The van der Waals surface area contributed by atoms with Gasteiger partial charge >= 0.3 is 0 Å². The number of hydrogen-bond donors (Lipinski definition) is 1. The zero-order valence-corrected chi connectivity index (χ0v) is 13.0. The second kappa shape index (κ2) is 6.18. The molecule has 5 nitrogen and oxygen atoms in total. The number of aromatic nitrogens is 1. The van der Waals surface area contributed by atoms with Crippen molar-refractivity contribution in [2.75, 3.05) is 19.6 Å². The Morgan fingerprint density at radius 1 is 1.52 bits per heavy atom. The van der Waals surface area contributed by atoms with E-state index in [1.807, 2.05) is 0 Å². The van der Waals surface area contributed by atoms with Crippen LogP contribution in [0, 0.1) is 5.92 Å². The molecule has 2 fully saturated rings. The van der Waals surface area contributed by atoms with Crippen LogP contribution in [0.1, 0.15) is 61.7 Å². The third kappa shape index (κ3) is 3.64. The van der Waals surface area contributed by atoms with Crippen molar-refractivity contribution in [1.29, 1.82) is 0 Å². The molecule has 0 unspecified atom stereocenters. The van der Waals surface area contributed by atoms with Crippen molar-refractivity contribution in [3.63, 3.8) is 0 Å². The van der Waals surface area contributed by atoms with Gasteiger partial charge in [-0.05, 0) is 45.1 Å². The van der Waals surface area contributed by atoms with Crippen LogP contribution in [0.5, 0.6) is 0 Å². The minimum atomic E-state index is -0.123. The maximum atomic E-state index is 12.1. The lowest BCUT2D eigenvalue weighted by Crippen LogP contribution is -2.46. The van der Waals surface area contributed by atoms with Crippen molar-refractivity contribution >= 4 is 5.91 Å². The predicted octanol–water partition coefficient (Wildman–Crippen LogP) is 2.40. The van der Waals surface area contributed by atoms with Crippen LogP contribution in [0.15, 0.2) is 10.6 Å². The number of piperidine rings is 1. The van der Waals surface area contributed by atoms with Gasteiger partial charge in [0.15, 0.2) is 5.69 Å². The van der Waals surface area contributed by atoms with E-state index < -0.39 is 0 Å².